The first kappa shape index (κ1) is 23.0. The summed E-state index contributed by atoms with van der Waals surface area (Å²) in [5.74, 6) is 2.22. The first-order chi connectivity index (χ1) is 17.7. The number of benzene rings is 3. The normalized spacial score (nSPS) is 12.0. The van der Waals surface area contributed by atoms with E-state index in [1.807, 2.05) is 49.5 Å². The number of aromatic hydroxyl groups is 1. The van der Waals surface area contributed by atoms with Crippen LogP contribution in [0.2, 0.25) is 0 Å². The molecule has 0 aliphatic heterocycles. The Morgan fingerprint density at radius 1 is 0.838 bits per heavy atom. The summed E-state index contributed by atoms with van der Waals surface area (Å²) in [6.45, 7) is 10.4. The monoisotopic (exact) mass is 487 g/mol. The Balaban J connectivity index is 1.56. The van der Waals surface area contributed by atoms with Gasteiger partial charge in [0.2, 0.25) is 5.88 Å². The van der Waals surface area contributed by atoms with E-state index in [4.69, 9.17) is 9.72 Å². The number of phenolic OH excluding ortho intramolecular Hbond substituents is 1. The minimum absolute atomic E-state index is 0.184. The van der Waals surface area contributed by atoms with Gasteiger partial charge in [0.25, 0.3) is 0 Å². The Morgan fingerprint density at radius 3 is 2.41 bits per heavy atom. The molecule has 0 saturated heterocycles. The molecule has 0 radical (unpaired) electrons. The molecule has 5 nitrogen and oxygen atoms in total. The molecule has 0 fully saturated rings. The fraction of sp³-hybridized carbons (Fsp3) is 0.188. The highest BCUT2D eigenvalue weighted by Crippen LogP contribution is 2.39. The highest BCUT2D eigenvalue weighted by molar-refractivity contribution is 6.09. The zero-order valence-electron chi connectivity index (χ0n) is 21.7. The van der Waals surface area contributed by atoms with Crippen LogP contribution in [0.1, 0.15) is 37.5 Å². The van der Waals surface area contributed by atoms with Crippen LogP contribution in [-0.2, 0) is 5.41 Å². The average molecular weight is 488 g/mol. The van der Waals surface area contributed by atoms with Crippen LogP contribution < -0.4 is 4.74 Å². The van der Waals surface area contributed by atoms with E-state index < -0.39 is 0 Å². The predicted octanol–water partition coefficient (Wildman–Crippen LogP) is 8.14. The van der Waals surface area contributed by atoms with Crippen molar-refractivity contribution in [3.05, 3.63) is 95.7 Å². The molecule has 5 heteroatoms. The number of para-hydroxylation sites is 1. The van der Waals surface area contributed by atoms with Crippen LogP contribution in [0.25, 0.3) is 38.5 Å². The summed E-state index contributed by atoms with van der Waals surface area (Å²) < 4.78 is 8.68. The Bertz CT molecular complexity index is 1830. The lowest BCUT2D eigenvalue weighted by Crippen LogP contribution is -2.13. The minimum Gasteiger partial charge on any atom is -0.505 e. The van der Waals surface area contributed by atoms with Gasteiger partial charge in [-0.2, -0.15) is 0 Å². The van der Waals surface area contributed by atoms with Gasteiger partial charge in [-0.3, -0.25) is 4.57 Å². The molecule has 3 heterocycles. The van der Waals surface area contributed by atoms with Crippen molar-refractivity contribution in [1.82, 2.24) is 14.5 Å². The summed E-state index contributed by atoms with van der Waals surface area (Å²) in [6, 6.07) is 24.6. The smallest absolute Gasteiger partial charge is 0.223 e. The van der Waals surface area contributed by atoms with Crippen molar-refractivity contribution < 1.29 is 9.84 Å². The summed E-state index contributed by atoms with van der Waals surface area (Å²) >= 11 is 0. The fourth-order valence-corrected chi connectivity index (χ4v) is 4.94. The molecule has 6 aromatic rings. The van der Waals surface area contributed by atoms with Crippen molar-refractivity contribution >= 4 is 32.7 Å². The maximum absolute atomic E-state index is 10.7. The summed E-state index contributed by atoms with van der Waals surface area (Å²) in [5, 5.41) is 13.9. The number of pyridine rings is 2. The number of nitrogens with zero attached hydrogens (tertiary/aromatic N) is 3. The van der Waals surface area contributed by atoms with Gasteiger partial charge >= 0.3 is 0 Å². The van der Waals surface area contributed by atoms with Gasteiger partial charge in [0.15, 0.2) is 0 Å². The van der Waals surface area contributed by atoms with Crippen LogP contribution in [0.3, 0.4) is 0 Å². The zero-order chi connectivity index (χ0) is 25.9. The van der Waals surface area contributed by atoms with E-state index in [0.29, 0.717) is 17.1 Å². The highest BCUT2D eigenvalue weighted by atomic mass is 16.5. The van der Waals surface area contributed by atoms with Crippen LogP contribution >= 0.6 is 0 Å². The molecule has 0 aliphatic rings. The van der Waals surface area contributed by atoms with E-state index in [2.05, 4.69) is 73.6 Å². The first-order valence-corrected chi connectivity index (χ1v) is 12.5. The third-order valence-electron chi connectivity index (χ3n) is 6.93. The number of rotatable bonds is 3. The van der Waals surface area contributed by atoms with Crippen LogP contribution in [0.5, 0.6) is 17.4 Å². The molecule has 0 atom stereocenters. The van der Waals surface area contributed by atoms with Crippen LogP contribution in [0.15, 0.2) is 79.0 Å². The Hall–Kier alpha value is -4.38. The number of aryl methyl sites for hydroxylation is 2. The lowest BCUT2D eigenvalue weighted by atomic mass is 9.87. The summed E-state index contributed by atoms with van der Waals surface area (Å²) in [6.07, 6.45) is 1.84. The van der Waals surface area contributed by atoms with Gasteiger partial charge in [0.1, 0.15) is 22.8 Å². The third kappa shape index (κ3) is 3.87. The summed E-state index contributed by atoms with van der Waals surface area (Å²) in [4.78, 5) is 9.50. The minimum atomic E-state index is -0.207. The van der Waals surface area contributed by atoms with Crippen molar-refractivity contribution in [2.45, 2.75) is 40.0 Å². The maximum atomic E-state index is 10.7. The molecule has 0 saturated carbocycles. The van der Waals surface area contributed by atoms with Crippen LogP contribution in [0, 0.1) is 13.8 Å². The number of phenols is 1. The number of fused-ring (bicyclic) bond motifs is 4. The van der Waals surface area contributed by atoms with Crippen molar-refractivity contribution in [2.24, 2.45) is 0 Å². The zero-order valence-corrected chi connectivity index (χ0v) is 21.7. The maximum Gasteiger partial charge on any atom is 0.223 e. The lowest BCUT2D eigenvalue weighted by Gasteiger charge is -2.23. The van der Waals surface area contributed by atoms with E-state index in [0.717, 1.165) is 49.7 Å². The van der Waals surface area contributed by atoms with Gasteiger partial charge in [0.05, 0.1) is 11.0 Å². The molecular formula is C32H29N3O2. The van der Waals surface area contributed by atoms with Gasteiger partial charge < -0.3 is 9.84 Å². The van der Waals surface area contributed by atoms with Gasteiger partial charge in [-0.05, 0) is 66.8 Å². The predicted molar refractivity (Wildman–Crippen MR) is 150 cm³/mol. The van der Waals surface area contributed by atoms with E-state index >= 15 is 0 Å². The van der Waals surface area contributed by atoms with Gasteiger partial charge in [-0.1, -0.05) is 51.1 Å². The second-order valence-corrected chi connectivity index (χ2v) is 10.7. The number of hydrogen-bond donors (Lipinski definition) is 1. The molecule has 0 amide bonds. The molecule has 0 unspecified atom stereocenters. The van der Waals surface area contributed by atoms with E-state index in [1.54, 1.807) is 0 Å². The van der Waals surface area contributed by atoms with E-state index in [-0.39, 0.29) is 11.2 Å². The molecule has 1 N–H and O–H groups in total. The summed E-state index contributed by atoms with van der Waals surface area (Å²) in [7, 11) is 0. The molecule has 3 aromatic carbocycles. The van der Waals surface area contributed by atoms with Crippen molar-refractivity contribution in [3.63, 3.8) is 0 Å². The standard InChI is InChI=1S/C32H29N3O2/c1-19-14-15-33-28(16-19)35-26-9-7-6-8-23(26)24-13-12-22(18-27(24)35)37-31-25(32(3,4)5)17-21-11-10-20(2)30(36)29(21)34-31/h6-18,36H,1-5H3. The van der Waals surface area contributed by atoms with Crippen molar-refractivity contribution in [1.29, 1.82) is 0 Å². The van der Waals surface area contributed by atoms with E-state index in [1.165, 1.54) is 0 Å². The number of hydrogen-bond acceptors (Lipinski definition) is 4. The summed E-state index contributed by atoms with van der Waals surface area (Å²) in [5.41, 5.74) is 5.34. The second kappa shape index (κ2) is 8.34. The Kier molecular flexibility index (Phi) is 5.19. The van der Waals surface area contributed by atoms with E-state index in [9.17, 15) is 5.11 Å². The molecule has 0 bridgehead atoms. The number of ether oxygens (including phenoxy) is 1. The van der Waals surface area contributed by atoms with Crippen LogP contribution in [0.4, 0.5) is 0 Å². The largest absolute Gasteiger partial charge is 0.505 e. The molecule has 0 spiro atoms. The topological polar surface area (TPSA) is 60.2 Å². The van der Waals surface area contributed by atoms with Gasteiger partial charge in [-0.15, -0.1) is 0 Å². The van der Waals surface area contributed by atoms with Gasteiger partial charge in [-0.25, -0.2) is 9.97 Å². The number of aromatic nitrogens is 3. The average Bonchev–Trinajstić information content (AvgIpc) is 3.19. The fourth-order valence-electron chi connectivity index (χ4n) is 4.94. The highest BCUT2D eigenvalue weighted by Gasteiger charge is 2.23. The molecule has 184 valence electrons. The Labute approximate surface area is 216 Å². The molecule has 37 heavy (non-hydrogen) atoms. The van der Waals surface area contributed by atoms with Crippen molar-refractivity contribution in [2.75, 3.05) is 0 Å². The lowest BCUT2D eigenvalue weighted by molar-refractivity contribution is 0.436. The molecule has 0 aliphatic carbocycles. The Morgan fingerprint density at radius 2 is 1.62 bits per heavy atom. The SMILES string of the molecule is Cc1ccnc(-n2c3ccccc3c3ccc(Oc4nc5c(O)c(C)ccc5cc4C(C)(C)C)cc32)c1. The third-order valence-corrected chi connectivity index (χ3v) is 6.93. The van der Waals surface area contributed by atoms with Crippen molar-refractivity contribution in [3.8, 4) is 23.2 Å². The van der Waals surface area contributed by atoms with Gasteiger partial charge in [0, 0.05) is 34.0 Å². The van der Waals surface area contributed by atoms with Crippen LogP contribution in [-0.4, -0.2) is 19.6 Å². The molecular weight excluding hydrogens is 458 g/mol. The molecule has 6 rings (SSSR count). The first-order valence-electron chi connectivity index (χ1n) is 12.5. The quantitative estimate of drug-likeness (QED) is 0.274. The molecule has 3 aromatic heterocycles. The second-order valence-electron chi connectivity index (χ2n) is 10.7.